The molecule has 1 aromatic heterocycles. The Morgan fingerprint density at radius 3 is 2.72 bits per heavy atom. The van der Waals surface area contributed by atoms with Crippen LogP contribution in [0.5, 0.6) is 0 Å². The third kappa shape index (κ3) is 5.49. The van der Waals surface area contributed by atoms with Crippen molar-refractivity contribution in [3.63, 3.8) is 0 Å². The van der Waals surface area contributed by atoms with Crippen molar-refractivity contribution in [3.8, 4) is 0 Å². The fourth-order valence-electron chi connectivity index (χ4n) is 2.54. The van der Waals surface area contributed by atoms with Gasteiger partial charge in [-0.05, 0) is 47.3 Å². The molecule has 25 heavy (non-hydrogen) atoms. The van der Waals surface area contributed by atoms with Crippen molar-refractivity contribution >= 4 is 38.9 Å². The molecular formula is C18H23BrN2O4. The van der Waals surface area contributed by atoms with E-state index >= 15 is 0 Å². The fourth-order valence-corrected chi connectivity index (χ4v) is 3.01. The van der Waals surface area contributed by atoms with Crippen LogP contribution in [0.3, 0.4) is 0 Å². The average Bonchev–Trinajstić information content (AvgIpc) is 2.97. The third-order valence-electron chi connectivity index (χ3n) is 3.58. The van der Waals surface area contributed by atoms with Gasteiger partial charge >= 0.3 is 6.09 Å². The number of benzene rings is 1. The highest BCUT2D eigenvalue weighted by Crippen LogP contribution is 2.26. The molecule has 0 fully saturated rings. The first-order chi connectivity index (χ1) is 11.9. The molecule has 2 N–H and O–H groups in total. The molecule has 0 saturated carbocycles. The Morgan fingerprint density at radius 1 is 1.32 bits per heavy atom. The number of carbonyl (C=O) groups is 2. The summed E-state index contributed by atoms with van der Waals surface area (Å²) in [6.45, 7) is 6.46. The molecule has 0 spiro atoms. The van der Waals surface area contributed by atoms with Crippen molar-refractivity contribution in [2.24, 2.45) is 5.92 Å². The quantitative estimate of drug-likeness (QED) is 0.720. The molecule has 2 rings (SSSR count). The van der Waals surface area contributed by atoms with Crippen LogP contribution in [0.4, 0.5) is 4.79 Å². The van der Waals surface area contributed by atoms with E-state index in [9.17, 15) is 9.59 Å². The number of furan rings is 1. The molecule has 1 aromatic carbocycles. The molecule has 1 unspecified atom stereocenters. The lowest BCUT2D eigenvalue weighted by atomic mass is 10.0. The maximum absolute atomic E-state index is 12.4. The predicted molar refractivity (Wildman–Crippen MR) is 99.6 cm³/mol. The van der Waals surface area contributed by atoms with Crippen LogP contribution >= 0.6 is 15.9 Å². The van der Waals surface area contributed by atoms with Crippen LogP contribution in [0.25, 0.3) is 11.0 Å². The number of hydrogen-bond acceptors (Lipinski definition) is 4. The van der Waals surface area contributed by atoms with Crippen LogP contribution < -0.4 is 10.6 Å². The molecule has 2 amide bonds. The monoisotopic (exact) mass is 410 g/mol. The third-order valence-corrected chi connectivity index (χ3v) is 4.21. The second kappa shape index (κ2) is 8.89. The van der Waals surface area contributed by atoms with Gasteiger partial charge in [-0.15, -0.1) is 0 Å². The Bertz CT molecular complexity index is 742. The summed E-state index contributed by atoms with van der Waals surface area (Å²) >= 11 is 3.40. The summed E-state index contributed by atoms with van der Waals surface area (Å²) in [5.41, 5.74) is 0.635. The molecule has 0 saturated heterocycles. The number of ether oxygens (including phenoxy) is 1. The summed E-state index contributed by atoms with van der Waals surface area (Å²) in [4.78, 5) is 24.0. The number of para-hydroxylation sites is 1. The highest BCUT2D eigenvalue weighted by atomic mass is 79.9. The molecule has 1 heterocycles. The Balaban J connectivity index is 2.01. The second-order valence-electron chi connectivity index (χ2n) is 6.17. The maximum Gasteiger partial charge on any atom is 0.407 e. The van der Waals surface area contributed by atoms with Gasteiger partial charge in [0.15, 0.2) is 5.76 Å². The molecule has 0 aliphatic heterocycles. The van der Waals surface area contributed by atoms with Crippen LogP contribution in [-0.4, -0.2) is 31.2 Å². The van der Waals surface area contributed by atoms with Gasteiger partial charge in [0.2, 0.25) is 0 Å². The number of halogens is 1. The van der Waals surface area contributed by atoms with Gasteiger partial charge in [-0.3, -0.25) is 4.79 Å². The van der Waals surface area contributed by atoms with E-state index in [0.717, 1.165) is 16.3 Å². The van der Waals surface area contributed by atoms with Crippen LogP contribution in [0.15, 0.2) is 33.2 Å². The standard InChI is InChI=1S/C18H23BrN2O4/c1-4-24-18(23)21-13(8-11(2)3)10-20-17(22)15-9-12-6-5-7-14(19)16(12)25-15/h5-7,9,11,13H,4,8,10H2,1-3H3,(H,20,22)(H,21,23). The average molecular weight is 411 g/mol. The lowest BCUT2D eigenvalue weighted by Gasteiger charge is -2.20. The normalized spacial score (nSPS) is 12.2. The second-order valence-corrected chi connectivity index (χ2v) is 7.02. The maximum atomic E-state index is 12.4. The van der Waals surface area contributed by atoms with Crippen LogP contribution in [0, 0.1) is 5.92 Å². The first kappa shape index (κ1) is 19.3. The van der Waals surface area contributed by atoms with Gasteiger partial charge in [0.25, 0.3) is 5.91 Å². The van der Waals surface area contributed by atoms with Crippen LogP contribution in [0.1, 0.15) is 37.7 Å². The summed E-state index contributed by atoms with van der Waals surface area (Å²) in [5.74, 6) is 0.287. The Morgan fingerprint density at radius 2 is 2.08 bits per heavy atom. The molecule has 7 heteroatoms. The van der Waals surface area contributed by atoms with E-state index in [-0.39, 0.29) is 17.7 Å². The summed E-state index contributed by atoms with van der Waals surface area (Å²) in [6, 6.07) is 7.11. The van der Waals surface area contributed by atoms with E-state index in [0.29, 0.717) is 24.7 Å². The minimum absolute atomic E-state index is 0.209. The highest BCUT2D eigenvalue weighted by molar-refractivity contribution is 9.10. The van der Waals surface area contributed by atoms with Gasteiger partial charge in [0, 0.05) is 18.0 Å². The zero-order valence-corrected chi connectivity index (χ0v) is 16.2. The molecule has 2 aromatic rings. The van der Waals surface area contributed by atoms with Gasteiger partial charge in [0.05, 0.1) is 11.1 Å². The van der Waals surface area contributed by atoms with Crippen molar-refractivity contribution in [2.45, 2.75) is 33.2 Å². The van der Waals surface area contributed by atoms with Gasteiger partial charge in [0.1, 0.15) is 5.58 Å². The largest absolute Gasteiger partial charge is 0.450 e. The van der Waals surface area contributed by atoms with Gasteiger partial charge in [-0.2, -0.15) is 0 Å². The Labute approximate surface area is 155 Å². The number of alkyl carbamates (subject to hydrolysis) is 1. The summed E-state index contributed by atoms with van der Waals surface area (Å²) in [6.07, 6.45) is 0.250. The Hall–Kier alpha value is -2.02. The number of rotatable bonds is 7. The van der Waals surface area contributed by atoms with E-state index in [4.69, 9.17) is 9.15 Å². The van der Waals surface area contributed by atoms with Gasteiger partial charge in [-0.25, -0.2) is 4.79 Å². The highest BCUT2D eigenvalue weighted by Gasteiger charge is 2.18. The first-order valence-electron chi connectivity index (χ1n) is 8.30. The van der Waals surface area contributed by atoms with E-state index in [2.05, 4.69) is 40.4 Å². The van der Waals surface area contributed by atoms with Crippen molar-refractivity contribution in [2.75, 3.05) is 13.2 Å². The first-order valence-corrected chi connectivity index (χ1v) is 9.09. The van der Waals surface area contributed by atoms with E-state index in [1.165, 1.54) is 0 Å². The molecular weight excluding hydrogens is 388 g/mol. The molecule has 0 bridgehead atoms. The zero-order chi connectivity index (χ0) is 18.4. The van der Waals surface area contributed by atoms with Crippen LogP contribution in [-0.2, 0) is 4.74 Å². The number of fused-ring (bicyclic) bond motifs is 1. The summed E-state index contributed by atoms with van der Waals surface area (Å²) < 4.78 is 11.3. The molecule has 1 atom stereocenters. The number of carbonyl (C=O) groups excluding carboxylic acids is 2. The zero-order valence-electron chi connectivity index (χ0n) is 14.6. The fraction of sp³-hybridized carbons (Fsp3) is 0.444. The minimum atomic E-state index is -0.477. The van der Waals surface area contributed by atoms with E-state index in [1.807, 2.05) is 18.2 Å². The lowest BCUT2D eigenvalue weighted by Crippen LogP contribution is -2.44. The minimum Gasteiger partial charge on any atom is -0.450 e. The van der Waals surface area contributed by atoms with E-state index in [1.54, 1.807) is 13.0 Å². The van der Waals surface area contributed by atoms with Crippen molar-refractivity contribution in [1.82, 2.24) is 10.6 Å². The van der Waals surface area contributed by atoms with Crippen molar-refractivity contribution in [3.05, 3.63) is 34.5 Å². The van der Waals surface area contributed by atoms with Crippen molar-refractivity contribution < 1.29 is 18.7 Å². The number of hydrogen-bond donors (Lipinski definition) is 2. The smallest absolute Gasteiger partial charge is 0.407 e. The number of nitrogens with one attached hydrogen (secondary N) is 2. The molecule has 0 aliphatic rings. The SMILES string of the molecule is CCOC(=O)NC(CNC(=O)c1cc2cccc(Br)c2o1)CC(C)C. The topological polar surface area (TPSA) is 80.6 Å². The summed E-state index contributed by atoms with van der Waals surface area (Å²) in [7, 11) is 0. The molecule has 6 nitrogen and oxygen atoms in total. The molecule has 136 valence electrons. The summed E-state index contributed by atoms with van der Waals surface area (Å²) in [5, 5.41) is 6.44. The lowest BCUT2D eigenvalue weighted by molar-refractivity contribution is 0.0919. The molecule has 0 radical (unpaired) electrons. The predicted octanol–water partition coefficient (Wildman–Crippen LogP) is 4.09. The van der Waals surface area contributed by atoms with Crippen LogP contribution in [0.2, 0.25) is 0 Å². The van der Waals surface area contributed by atoms with E-state index < -0.39 is 6.09 Å². The number of amides is 2. The van der Waals surface area contributed by atoms with Gasteiger partial charge < -0.3 is 19.8 Å². The van der Waals surface area contributed by atoms with Crippen molar-refractivity contribution in [1.29, 1.82) is 0 Å². The van der Waals surface area contributed by atoms with Gasteiger partial charge in [-0.1, -0.05) is 26.0 Å². The Kier molecular flexibility index (Phi) is 6.87. The molecule has 0 aliphatic carbocycles.